The SMILES string of the molecule is C=CC(C)(Cc1cccc([N+](=O)[O-])c1)C(=O)O. The fourth-order valence-electron chi connectivity index (χ4n) is 1.44. The van der Waals surface area contributed by atoms with Gasteiger partial charge in [0.05, 0.1) is 10.3 Å². The molecule has 0 amide bonds. The van der Waals surface area contributed by atoms with Crippen LogP contribution in [-0.4, -0.2) is 16.0 Å². The largest absolute Gasteiger partial charge is 0.481 e. The number of aliphatic carboxylic acids is 1. The van der Waals surface area contributed by atoms with Gasteiger partial charge in [0, 0.05) is 12.1 Å². The highest BCUT2D eigenvalue weighted by molar-refractivity contribution is 5.76. The van der Waals surface area contributed by atoms with Crippen molar-refractivity contribution in [1.29, 1.82) is 0 Å². The first-order chi connectivity index (χ1) is 7.89. The lowest BCUT2D eigenvalue weighted by atomic mass is 9.84. The van der Waals surface area contributed by atoms with E-state index in [9.17, 15) is 14.9 Å². The van der Waals surface area contributed by atoms with Gasteiger partial charge in [0.2, 0.25) is 0 Å². The molecule has 5 nitrogen and oxygen atoms in total. The number of carbonyl (C=O) groups is 1. The number of benzene rings is 1. The Morgan fingerprint density at radius 2 is 2.29 bits per heavy atom. The molecular weight excluding hydrogens is 222 g/mol. The third-order valence-corrected chi connectivity index (χ3v) is 2.63. The summed E-state index contributed by atoms with van der Waals surface area (Å²) in [6.45, 7) is 5.02. The van der Waals surface area contributed by atoms with Crippen molar-refractivity contribution >= 4 is 11.7 Å². The minimum absolute atomic E-state index is 0.0423. The molecule has 0 heterocycles. The van der Waals surface area contributed by atoms with E-state index in [0.717, 1.165) is 0 Å². The van der Waals surface area contributed by atoms with E-state index in [2.05, 4.69) is 6.58 Å². The van der Waals surface area contributed by atoms with E-state index in [1.807, 2.05) is 0 Å². The summed E-state index contributed by atoms with van der Waals surface area (Å²) >= 11 is 0. The van der Waals surface area contributed by atoms with Crippen molar-refractivity contribution in [3.8, 4) is 0 Å². The van der Waals surface area contributed by atoms with Gasteiger partial charge >= 0.3 is 5.97 Å². The third-order valence-electron chi connectivity index (χ3n) is 2.63. The molecule has 0 spiro atoms. The normalized spacial score (nSPS) is 13.7. The molecule has 1 atom stereocenters. The van der Waals surface area contributed by atoms with E-state index in [1.54, 1.807) is 12.1 Å². The zero-order valence-corrected chi connectivity index (χ0v) is 9.42. The Balaban J connectivity index is 3.02. The van der Waals surface area contributed by atoms with E-state index in [-0.39, 0.29) is 12.1 Å². The van der Waals surface area contributed by atoms with Gasteiger partial charge in [0.1, 0.15) is 0 Å². The molecule has 1 aromatic rings. The van der Waals surface area contributed by atoms with Crippen molar-refractivity contribution in [2.24, 2.45) is 5.41 Å². The molecule has 17 heavy (non-hydrogen) atoms. The maximum atomic E-state index is 11.1. The van der Waals surface area contributed by atoms with Crippen molar-refractivity contribution in [2.75, 3.05) is 0 Å². The first-order valence-corrected chi connectivity index (χ1v) is 4.99. The molecule has 90 valence electrons. The molecule has 0 bridgehead atoms. The Kier molecular flexibility index (Phi) is 3.62. The molecule has 0 saturated heterocycles. The predicted molar refractivity (Wildman–Crippen MR) is 62.7 cm³/mol. The van der Waals surface area contributed by atoms with Crippen LogP contribution in [0.3, 0.4) is 0 Å². The van der Waals surface area contributed by atoms with Gasteiger partial charge in [-0.15, -0.1) is 6.58 Å². The number of carboxylic acid groups (broad SMARTS) is 1. The summed E-state index contributed by atoms with van der Waals surface area (Å²) in [6, 6.07) is 5.96. The Morgan fingerprint density at radius 1 is 1.65 bits per heavy atom. The molecule has 0 aromatic heterocycles. The summed E-state index contributed by atoms with van der Waals surface area (Å²) in [7, 11) is 0. The Bertz CT molecular complexity index is 469. The number of rotatable bonds is 5. The average Bonchev–Trinajstić information content (AvgIpc) is 2.29. The number of hydrogen-bond donors (Lipinski definition) is 1. The summed E-state index contributed by atoms with van der Waals surface area (Å²) in [4.78, 5) is 21.2. The van der Waals surface area contributed by atoms with Crippen molar-refractivity contribution in [3.05, 3.63) is 52.6 Å². The zero-order chi connectivity index (χ0) is 13.1. The van der Waals surface area contributed by atoms with Gasteiger partial charge in [-0.1, -0.05) is 18.2 Å². The van der Waals surface area contributed by atoms with Crippen LogP contribution in [0.15, 0.2) is 36.9 Å². The second kappa shape index (κ2) is 4.78. The first-order valence-electron chi connectivity index (χ1n) is 4.99. The number of nitro benzene ring substituents is 1. The van der Waals surface area contributed by atoms with Gasteiger partial charge in [0.15, 0.2) is 0 Å². The molecule has 0 fully saturated rings. The first kappa shape index (κ1) is 12.9. The van der Waals surface area contributed by atoms with Crippen LogP contribution in [0, 0.1) is 15.5 Å². The number of nitro groups is 1. The quantitative estimate of drug-likeness (QED) is 0.482. The molecule has 5 heteroatoms. The smallest absolute Gasteiger partial charge is 0.313 e. The second-order valence-electron chi connectivity index (χ2n) is 4.03. The monoisotopic (exact) mass is 235 g/mol. The molecule has 0 saturated carbocycles. The summed E-state index contributed by atoms with van der Waals surface area (Å²) in [5.41, 5.74) is -0.557. The van der Waals surface area contributed by atoms with Gasteiger partial charge in [0.25, 0.3) is 5.69 Å². The van der Waals surface area contributed by atoms with Crippen molar-refractivity contribution in [2.45, 2.75) is 13.3 Å². The Labute approximate surface area is 98.5 Å². The number of carboxylic acids is 1. The third kappa shape index (κ3) is 2.90. The molecule has 0 aliphatic heterocycles. The van der Waals surface area contributed by atoms with Crippen molar-refractivity contribution in [3.63, 3.8) is 0 Å². The maximum Gasteiger partial charge on any atom is 0.313 e. The lowest BCUT2D eigenvalue weighted by Crippen LogP contribution is -2.27. The highest BCUT2D eigenvalue weighted by Gasteiger charge is 2.30. The summed E-state index contributed by atoms with van der Waals surface area (Å²) in [6.07, 6.45) is 1.52. The summed E-state index contributed by atoms with van der Waals surface area (Å²) in [5.74, 6) is -1.00. The molecule has 1 unspecified atom stereocenters. The van der Waals surface area contributed by atoms with Crippen LogP contribution in [0.25, 0.3) is 0 Å². The Morgan fingerprint density at radius 3 is 2.76 bits per heavy atom. The van der Waals surface area contributed by atoms with E-state index in [1.165, 1.54) is 25.1 Å². The molecule has 0 aliphatic carbocycles. The van der Waals surface area contributed by atoms with Crippen LogP contribution in [0.4, 0.5) is 5.69 Å². The molecule has 1 N–H and O–H groups in total. The Hall–Kier alpha value is -2.17. The highest BCUT2D eigenvalue weighted by Crippen LogP contribution is 2.26. The van der Waals surface area contributed by atoms with Crippen LogP contribution in [0.1, 0.15) is 12.5 Å². The molecule has 1 rings (SSSR count). The van der Waals surface area contributed by atoms with Crippen LogP contribution >= 0.6 is 0 Å². The van der Waals surface area contributed by atoms with E-state index >= 15 is 0 Å². The minimum atomic E-state index is -1.12. The molecule has 0 radical (unpaired) electrons. The van der Waals surface area contributed by atoms with Crippen LogP contribution in [0.5, 0.6) is 0 Å². The minimum Gasteiger partial charge on any atom is -0.481 e. The second-order valence-corrected chi connectivity index (χ2v) is 4.03. The molecule has 1 aromatic carbocycles. The van der Waals surface area contributed by atoms with Gasteiger partial charge in [-0.2, -0.15) is 0 Å². The summed E-state index contributed by atoms with van der Waals surface area (Å²) in [5, 5.41) is 19.7. The molecular formula is C12H13NO4. The standard InChI is InChI=1S/C12H13NO4/c1-3-12(2,11(14)15)8-9-5-4-6-10(7-9)13(16)17/h3-7H,1,8H2,2H3,(H,14,15). The van der Waals surface area contributed by atoms with Gasteiger partial charge in [-0.05, 0) is 18.9 Å². The van der Waals surface area contributed by atoms with E-state index < -0.39 is 16.3 Å². The predicted octanol–water partition coefficient (Wildman–Crippen LogP) is 2.41. The topological polar surface area (TPSA) is 80.4 Å². The fourth-order valence-corrected chi connectivity index (χ4v) is 1.44. The van der Waals surface area contributed by atoms with Crippen LogP contribution < -0.4 is 0 Å². The molecule has 0 aliphatic rings. The fraction of sp³-hybridized carbons (Fsp3) is 0.250. The average molecular weight is 235 g/mol. The van der Waals surface area contributed by atoms with Gasteiger partial charge in [-0.3, -0.25) is 14.9 Å². The van der Waals surface area contributed by atoms with Crippen molar-refractivity contribution < 1.29 is 14.8 Å². The summed E-state index contributed by atoms with van der Waals surface area (Å²) < 4.78 is 0. The van der Waals surface area contributed by atoms with Crippen molar-refractivity contribution in [1.82, 2.24) is 0 Å². The van der Waals surface area contributed by atoms with Crippen LogP contribution in [0.2, 0.25) is 0 Å². The zero-order valence-electron chi connectivity index (χ0n) is 9.42. The van der Waals surface area contributed by atoms with Crippen LogP contribution in [-0.2, 0) is 11.2 Å². The maximum absolute atomic E-state index is 11.1. The van der Waals surface area contributed by atoms with E-state index in [0.29, 0.717) is 5.56 Å². The van der Waals surface area contributed by atoms with E-state index in [4.69, 9.17) is 5.11 Å². The lowest BCUT2D eigenvalue weighted by molar-refractivity contribution is -0.384. The van der Waals surface area contributed by atoms with Gasteiger partial charge < -0.3 is 5.11 Å². The highest BCUT2D eigenvalue weighted by atomic mass is 16.6. The number of non-ortho nitro benzene ring substituents is 1. The number of hydrogen-bond acceptors (Lipinski definition) is 3. The number of nitrogens with zero attached hydrogens (tertiary/aromatic N) is 1. The van der Waals surface area contributed by atoms with Gasteiger partial charge in [-0.25, -0.2) is 0 Å². The lowest BCUT2D eigenvalue weighted by Gasteiger charge is -2.19.